The van der Waals surface area contributed by atoms with Crippen LogP contribution in [0.1, 0.15) is 24.6 Å². The molecule has 5 heteroatoms. The van der Waals surface area contributed by atoms with Gasteiger partial charge in [-0.3, -0.25) is 0 Å². The van der Waals surface area contributed by atoms with E-state index in [-0.39, 0.29) is 0 Å². The van der Waals surface area contributed by atoms with Crippen molar-refractivity contribution in [3.05, 3.63) is 22.4 Å². The summed E-state index contributed by atoms with van der Waals surface area (Å²) in [5.74, 6) is 1.27. The molecule has 1 fully saturated rings. The molecule has 3 nitrogen and oxygen atoms in total. The number of likely N-dealkylation sites (N-methyl/N-ethyl adjacent to an activating group) is 1. The minimum atomic E-state index is 0.388. The van der Waals surface area contributed by atoms with Crippen molar-refractivity contribution in [1.29, 1.82) is 0 Å². The quantitative estimate of drug-likeness (QED) is 0.834. The van der Waals surface area contributed by atoms with Gasteiger partial charge in [-0.25, -0.2) is 0 Å². The fourth-order valence-corrected chi connectivity index (χ4v) is 3.89. The largest absolute Gasteiger partial charge is 0.362 e. The second-order valence-corrected chi connectivity index (χ2v) is 7.00. The molecule has 1 aliphatic heterocycles. The number of hydrogen-bond acceptors (Lipinski definition) is 3. The van der Waals surface area contributed by atoms with E-state index >= 15 is 0 Å². The molecule has 0 amide bonds. The molecule has 19 heavy (non-hydrogen) atoms. The Morgan fingerprint density at radius 1 is 1.53 bits per heavy atom. The normalized spacial score (nSPS) is 23.8. The van der Waals surface area contributed by atoms with Crippen molar-refractivity contribution < 1.29 is 0 Å². The molecule has 0 unspecified atom stereocenters. The Bertz CT molecular complexity index is 403. The van der Waals surface area contributed by atoms with Gasteiger partial charge in [-0.05, 0) is 50.5 Å². The van der Waals surface area contributed by atoms with Gasteiger partial charge < -0.3 is 15.5 Å². The number of nitrogens with zero attached hydrogens (tertiary/aromatic N) is 1. The predicted octanol–water partition coefficient (Wildman–Crippen LogP) is 2.27. The Balaban J connectivity index is 1.89. The lowest BCUT2D eigenvalue weighted by Crippen LogP contribution is -2.42. The number of likely N-dealkylation sites (tertiary alicyclic amines) is 1. The first-order chi connectivity index (χ1) is 9.06. The van der Waals surface area contributed by atoms with Gasteiger partial charge in [-0.2, -0.15) is 0 Å². The number of hydrogen-bond donors (Lipinski definition) is 2. The van der Waals surface area contributed by atoms with Gasteiger partial charge in [0.15, 0.2) is 5.11 Å². The van der Waals surface area contributed by atoms with Crippen LogP contribution in [0.4, 0.5) is 0 Å². The molecule has 1 aromatic rings. The van der Waals surface area contributed by atoms with E-state index in [1.54, 1.807) is 0 Å². The summed E-state index contributed by atoms with van der Waals surface area (Å²) in [6.45, 7) is 7.44. The zero-order chi connectivity index (χ0) is 13.8. The molecular weight excluding hydrogens is 274 g/mol. The SMILES string of the molecule is CC(C)NC(=S)NC[C@H]1CN(C)C[C@@H]1c1cccs1. The maximum absolute atomic E-state index is 5.30. The Labute approximate surface area is 125 Å². The van der Waals surface area contributed by atoms with Crippen LogP contribution in [0.25, 0.3) is 0 Å². The smallest absolute Gasteiger partial charge is 0.166 e. The van der Waals surface area contributed by atoms with Crippen LogP contribution >= 0.6 is 23.6 Å². The van der Waals surface area contributed by atoms with E-state index in [9.17, 15) is 0 Å². The van der Waals surface area contributed by atoms with Gasteiger partial charge in [0.25, 0.3) is 0 Å². The summed E-state index contributed by atoms with van der Waals surface area (Å²) in [5, 5.41) is 9.55. The van der Waals surface area contributed by atoms with E-state index in [1.165, 1.54) is 4.88 Å². The van der Waals surface area contributed by atoms with E-state index < -0.39 is 0 Å². The average Bonchev–Trinajstić information content (AvgIpc) is 2.93. The summed E-state index contributed by atoms with van der Waals surface area (Å²) >= 11 is 7.17. The summed E-state index contributed by atoms with van der Waals surface area (Å²) in [5.41, 5.74) is 0. The van der Waals surface area contributed by atoms with Crippen LogP contribution in [-0.4, -0.2) is 42.7 Å². The maximum atomic E-state index is 5.30. The minimum absolute atomic E-state index is 0.388. The molecule has 2 N–H and O–H groups in total. The van der Waals surface area contributed by atoms with Gasteiger partial charge in [0.1, 0.15) is 0 Å². The number of rotatable bonds is 4. The van der Waals surface area contributed by atoms with Gasteiger partial charge in [0.05, 0.1) is 0 Å². The highest BCUT2D eigenvalue weighted by Crippen LogP contribution is 2.33. The molecular formula is C14H23N3S2. The van der Waals surface area contributed by atoms with Crippen LogP contribution in [0.5, 0.6) is 0 Å². The molecule has 0 aliphatic carbocycles. The zero-order valence-corrected chi connectivity index (χ0v) is 13.5. The molecule has 0 bridgehead atoms. The molecule has 1 aliphatic rings. The van der Waals surface area contributed by atoms with Gasteiger partial charge >= 0.3 is 0 Å². The molecule has 0 spiro atoms. The highest BCUT2D eigenvalue weighted by Gasteiger charge is 2.32. The fraction of sp³-hybridized carbons (Fsp3) is 0.643. The average molecular weight is 297 g/mol. The lowest BCUT2D eigenvalue weighted by Gasteiger charge is -2.20. The number of thiocarbonyl (C=S) groups is 1. The van der Waals surface area contributed by atoms with E-state index in [1.807, 2.05) is 11.3 Å². The predicted molar refractivity (Wildman–Crippen MR) is 86.9 cm³/mol. The lowest BCUT2D eigenvalue weighted by atomic mass is 9.94. The Morgan fingerprint density at radius 3 is 2.95 bits per heavy atom. The van der Waals surface area contributed by atoms with Gasteiger partial charge in [-0.15, -0.1) is 11.3 Å². The molecule has 0 saturated carbocycles. The summed E-state index contributed by atoms with van der Waals surface area (Å²) in [6.07, 6.45) is 0. The molecule has 0 aromatic carbocycles. The second kappa shape index (κ2) is 6.68. The van der Waals surface area contributed by atoms with Crippen molar-refractivity contribution in [2.75, 3.05) is 26.7 Å². The first-order valence-electron chi connectivity index (χ1n) is 6.82. The Kier molecular flexibility index (Phi) is 5.19. The fourth-order valence-electron chi connectivity index (χ4n) is 2.66. The van der Waals surface area contributed by atoms with Crippen molar-refractivity contribution in [3.8, 4) is 0 Å². The van der Waals surface area contributed by atoms with Crippen molar-refractivity contribution in [1.82, 2.24) is 15.5 Å². The molecule has 2 rings (SSSR count). The van der Waals surface area contributed by atoms with Crippen LogP contribution in [0, 0.1) is 5.92 Å². The summed E-state index contributed by atoms with van der Waals surface area (Å²) < 4.78 is 0. The molecule has 106 valence electrons. The monoisotopic (exact) mass is 297 g/mol. The van der Waals surface area contributed by atoms with Crippen molar-refractivity contribution in [3.63, 3.8) is 0 Å². The first-order valence-corrected chi connectivity index (χ1v) is 8.11. The Hall–Kier alpha value is -0.650. The molecule has 1 saturated heterocycles. The summed E-state index contributed by atoms with van der Waals surface area (Å²) in [7, 11) is 2.20. The van der Waals surface area contributed by atoms with E-state index in [0.29, 0.717) is 17.9 Å². The third-order valence-electron chi connectivity index (χ3n) is 3.48. The topological polar surface area (TPSA) is 27.3 Å². The second-order valence-electron chi connectivity index (χ2n) is 5.61. The van der Waals surface area contributed by atoms with Gasteiger partial charge in [-0.1, -0.05) is 6.07 Å². The maximum Gasteiger partial charge on any atom is 0.166 e. The molecule has 1 aromatic heterocycles. The van der Waals surface area contributed by atoms with E-state index in [0.717, 1.165) is 24.7 Å². The third kappa shape index (κ3) is 4.16. The molecule has 2 atom stereocenters. The lowest BCUT2D eigenvalue weighted by molar-refractivity contribution is 0.394. The van der Waals surface area contributed by atoms with Crippen LogP contribution in [0.3, 0.4) is 0 Å². The minimum Gasteiger partial charge on any atom is -0.362 e. The molecule has 2 heterocycles. The van der Waals surface area contributed by atoms with Gasteiger partial charge in [0, 0.05) is 36.5 Å². The third-order valence-corrected chi connectivity index (χ3v) is 4.74. The summed E-state index contributed by atoms with van der Waals surface area (Å²) in [4.78, 5) is 3.91. The number of thiophene rings is 1. The highest BCUT2D eigenvalue weighted by atomic mass is 32.1. The van der Waals surface area contributed by atoms with Crippen LogP contribution in [-0.2, 0) is 0 Å². The molecule has 0 radical (unpaired) electrons. The highest BCUT2D eigenvalue weighted by molar-refractivity contribution is 7.80. The first kappa shape index (κ1) is 14.8. The van der Waals surface area contributed by atoms with Gasteiger partial charge in [0.2, 0.25) is 0 Å². The standard InChI is InChI=1S/C14H23N3S2/c1-10(2)16-14(18)15-7-11-8-17(3)9-12(11)13-5-4-6-19-13/h4-6,10-12H,7-9H2,1-3H3,(H2,15,16,18)/t11-,12-/m0/s1. The van der Waals surface area contributed by atoms with Crippen LogP contribution in [0.15, 0.2) is 17.5 Å². The van der Waals surface area contributed by atoms with Crippen molar-refractivity contribution in [2.45, 2.75) is 25.8 Å². The van der Waals surface area contributed by atoms with Crippen molar-refractivity contribution in [2.24, 2.45) is 5.92 Å². The van der Waals surface area contributed by atoms with E-state index in [4.69, 9.17) is 12.2 Å². The van der Waals surface area contributed by atoms with Crippen LogP contribution in [0.2, 0.25) is 0 Å². The summed E-state index contributed by atoms with van der Waals surface area (Å²) in [6, 6.07) is 4.79. The number of nitrogens with one attached hydrogen (secondary N) is 2. The van der Waals surface area contributed by atoms with Crippen molar-refractivity contribution >= 4 is 28.7 Å². The zero-order valence-electron chi connectivity index (χ0n) is 11.8. The van der Waals surface area contributed by atoms with Crippen LogP contribution < -0.4 is 10.6 Å². The van der Waals surface area contributed by atoms with E-state index in [2.05, 4.69) is 53.9 Å². The Morgan fingerprint density at radius 2 is 2.32 bits per heavy atom.